The van der Waals surface area contributed by atoms with Crippen molar-refractivity contribution in [1.82, 2.24) is 4.98 Å². The van der Waals surface area contributed by atoms with E-state index in [9.17, 15) is 22.8 Å². The molecule has 9 heteroatoms. The minimum absolute atomic E-state index is 0.119. The maximum absolute atomic E-state index is 13.0. The second kappa shape index (κ2) is 6.96. The lowest BCUT2D eigenvalue weighted by molar-refractivity contribution is -0.137. The average Bonchev–Trinajstić information content (AvgIpc) is 3.02. The maximum Gasteiger partial charge on any atom is 0.418 e. The van der Waals surface area contributed by atoms with Crippen LogP contribution in [-0.4, -0.2) is 23.0 Å². The number of ether oxygens (including phenoxy) is 1. The summed E-state index contributed by atoms with van der Waals surface area (Å²) in [5, 5.41) is 1.97. The van der Waals surface area contributed by atoms with Gasteiger partial charge in [-0.2, -0.15) is 13.2 Å². The molecule has 24 heavy (non-hydrogen) atoms. The van der Waals surface area contributed by atoms with E-state index in [4.69, 9.17) is 16.3 Å². The normalized spacial score (nSPS) is 12.5. The first-order valence-corrected chi connectivity index (χ1v) is 7.08. The Hall–Kier alpha value is -2.48. The van der Waals surface area contributed by atoms with Gasteiger partial charge in [0.1, 0.15) is 5.69 Å². The van der Waals surface area contributed by atoms with Gasteiger partial charge in [0.25, 0.3) is 5.91 Å². The number of alkyl halides is 3. The predicted molar refractivity (Wildman–Crippen MR) is 80.8 cm³/mol. The number of rotatable bonds is 4. The quantitative estimate of drug-likeness (QED) is 0.813. The third kappa shape index (κ3) is 4.29. The number of amides is 1. The van der Waals surface area contributed by atoms with Crippen LogP contribution in [-0.2, 0) is 15.7 Å². The Morgan fingerprint density at radius 1 is 1.29 bits per heavy atom. The van der Waals surface area contributed by atoms with E-state index in [1.165, 1.54) is 25.3 Å². The minimum atomic E-state index is -4.70. The molecular formula is C15H12ClF3N2O3. The highest BCUT2D eigenvalue weighted by molar-refractivity contribution is 6.30. The van der Waals surface area contributed by atoms with Crippen LogP contribution in [0, 0.1) is 0 Å². The smallest absolute Gasteiger partial charge is 0.418 e. The summed E-state index contributed by atoms with van der Waals surface area (Å²) in [5.41, 5.74) is -1.44. The van der Waals surface area contributed by atoms with Gasteiger partial charge in [0.15, 0.2) is 6.10 Å². The summed E-state index contributed by atoms with van der Waals surface area (Å²) in [6.07, 6.45) is -4.50. The summed E-state index contributed by atoms with van der Waals surface area (Å²) in [6.45, 7) is 1.25. The largest absolute Gasteiger partial charge is 0.448 e. The number of anilines is 1. The topological polar surface area (TPSA) is 71.2 Å². The van der Waals surface area contributed by atoms with E-state index < -0.39 is 35.4 Å². The van der Waals surface area contributed by atoms with Gasteiger partial charge in [-0.1, -0.05) is 11.6 Å². The van der Waals surface area contributed by atoms with Crippen LogP contribution < -0.4 is 5.32 Å². The number of benzene rings is 1. The summed E-state index contributed by atoms with van der Waals surface area (Å²) < 4.78 is 43.8. The summed E-state index contributed by atoms with van der Waals surface area (Å²) in [4.78, 5) is 26.3. The highest BCUT2D eigenvalue weighted by Crippen LogP contribution is 2.36. The van der Waals surface area contributed by atoms with Gasteiger partial charge < -0.3 is 15.0 Å². The molecule has 128 valence electrons. The molecule has 0 aliphatic heterocycles. The Balaban J connectivity index is 2.10. The molecule has 2 aromatic rings. The van der Waals surface area contributed by atoms with Crippen LogP contribution in [0.3, 0.4) is 0 Å². The molecule has 0 saturated heterocycles. The Kier molecular flexibility index (Phi) is 5.18. The van der Waals surface area contributed by atoms with Crippen LogP contribution in [0.2, 0.25) is 5.02 Å². The van der Waals surface area contributed by atoms with Crippen LogP contribution >= 0.6 is 11.6 Å². The first kappa shape index (κ1) is 17.9. The first-order chi connectivity index (χ1) is 11.2. The molecule has 0 saturated carbocycles. The van der Waals surface area contributed by atoms with E-state index in [1.807, 2.05) is 0 Å². The van der Waals surface area contributed by atoms with Crippen LogP contribution in [0.25, 0.3) is 0 Å². The van der Waals surface area contributed by atoms with Crippen LogP contribution in [0.15, 0.2) is 36.5 Å². The van der Waals surface area contributed by atoms with Crippen LogP contribution in [0.1, 0.15) is 23.0 Å². The van der Waals surface area contributed by atoms with Crippen molar-refractivity contribution in [2.75, 3.05) is 5.32 Å². The van der Waals surface area contributed by atoms with Crippen molar-refractivity contribution in [1.29, 1.82) is 0 Å². The number of carbonyl (C=O) groups excluding carboxylic acids is 2. The SMILES string of the molecule is C[C@@H](OC(=O)c1ccc[nH]1)C(=O)Nc1ccc(Cl)cc1C(F)(F)F. The zero-order valence-corrected chi connectivity index (χ0v) is 13.0. The number of aromatic nitrogens is 1. The number of carbonyl (C=O) groups is 2. The lowest BCUT2D eigenvalue weighted by Gasteiger charge is -2.17. The maximum atomic E-state index is 13.0. The molecule has 0 fully saturated rings. The number of nitrogens with one attached hydrogen (secondary N) is 2. The van der Waals surface area contributed by atoms with Crippen molar-refractivity contribution in [3.63, 3.8) is 0 Å². The van der Waals surface area contributed by atoms with Crippen molar-refractivity contribution >= 4 is 29.2 Å². The standard InChI is InChI=1S/C15H12ClF3N2O3/c1-8(24-14(23)12-3-2-6-20-12)13(22)21-11-5-4-9(16)7-10(11)15(17,18)19/h2-8,20H,1H3,(H,21,22)/t8-/m1/s1. The van der Waals surface area contributed by atoms with Crippen molar-refractivity contribution in [2.45, 2.75) is 19.2 Å². The number of halogens is 4. The van der Waals surface area contributed by atoms with Crippen molar-refractivity contribution < 1.29 is 27.5 Å². The molecule has 0 radical (unpaired) electrons. The molecule has 0 aliphatic rings. The fourth-order valence-electron chi connectivity index (χ4n) is 1.83. The summed E-state index contributed by atoms with van der Waals surface area (Å²) in [6, 6.07) is 5.94. The first-order valence-electron chi connectivity index (χ1n) is 6.70. The molecule has 0 bridgehead atoms. The Labute approximate surface area is 139 Å². The molecule has 2 N–H and O–H groups in total. The van der Waals surface area contributed by atoms with Crippen molar-refractivity contribution in [3.05, 3.63) is 52.8 Å². The third-order valence-electron chi connectivity index (χ3n) is 3.02. The molecule has 2 rings (SSSR count). The molecule has 0 spiro atoms. The predicted octanol–water partition coefficient (Wildman–Crippen LogP) is 3.87. The fraction of sp³-hybridized carbons (Fsp3) is 0.200. The molecule has 1 heterocycles. The van der Waals surface area contributed by atoms with Crippen molar-refractivity contribution in [2.24, 2.45) is 0 Å². The van der Waals surface area contributed by atoms with Gasteiger partial charge >= 0.3 is 12.1 Å². The molecule has 1 aromatic carbocycles. The summed E-state index contributed by atoms with van der Waals surface area (Å²) in [7, 11) is 0. The molecule has 0 unspecified atom stereocenters. The Bertz CT molecular complexity index is 745. The summed E-state index contributed by atoms with van der Waals surface area (Å²) in [5.74, 6) is -1.70. The Morgan fingerprint density at radius 3 is 2.58 bits per heavy atom. The Morgan fingerprint density at radius 2 is 2.00 bits per heavy atom. The monoisotopic (exact) mass is 360 g/mol. The van der Waals surface area contributed by atoms with Gasteiger partial charge in [0, 0.05) is 11.2 Å². The molecule has 5 nitrogen and oxygen atoms in total. The number of esters is 1. The van der Waals surface area contributed by atoms with Gasteiger partial charge in [-0.3, -0.25) is 4.79 Å². The zero-order chi connectivity index (χ0) is 17.9. The third-order valence-corrected chi connectivity index (χ3v) is 3.25. The van der Waals surface area contributed by atoms with Crippen LogP contribution in [0.5, 0.6) is 0 Å². The van der Waals surface area contributed by atoms with Gasteiger partial charge in [0.05, 0.1) is 11.3 Å². The van der Waals surface area contributed by atoms with Crippen molar-refractivity contribution in [3.8, 4) is 0 Å². The van der Waals surface area contributed by atoms with Gasteiger partial charge in [-0.15, -0.1) is 0 Å². The van der Waals surface area contributed by atoms with E-state index >= 15 is 0 Å². The highest BCUT2D eigenvalue weighted by Gasteiger charge is 2.34. The zero-order valence-electron chi connectivity index (χ0n) is 12.3. The van der Waals surface area contributed by atoms with Gasteiger partial charge in [0.2, 0.25) is 0 Å². The number of hydrogen-bond donors (Lipinski definition) is 2. The van der Waals surface area contributed by atoms with Crippen LogP contribution in [0.4, 0.5) is 18.9 Å². The fourth-order valence-corrected chi connectivity index (χ4v) is 2.00. The van der Waals surface area contributed by atoms with E-state index in [2.05, 4.69) is 10.3 Å². The minimum Gasteiger partial charge on any atom is -0.448 e. The number of aromatic amines is 1. The lowest BCUT2D eigenvalue weighted by atomic mass is 10.1. The molecule has 1 atom stereocenters. The number of hydrogen-bond acceptors (Lipinski definition) is 3. The van der Waals surface area contributed by atoms with Gasteiger partial charge in [-0.25, -0.2) is 4.79 Å². The van der Waals surface area contributed by atoms with E-state index in [1.54, 1.807) is 6.07 Å². The average molecular weight is 361 g/mol. The van der Waals surface area contributed by atoms with Gasteiger partial charge in [-0.05, 0) is 37.3 Å². The second-order valence-electron chi connectivity index (χ2n) is 4.81. The van der Waals surface area contributed by atoms with E-state index in [-0.39, 0.29) is 10.7 Å². The van der Waals surface area contributed by atoms with E-state index in [0.29, 0.717) is 6.07 Å². The van der Waals surface area contributed by atoms with E-state index in [0.717, 1.165) is 6.07 Å². The molecular weight excluding hydrogens is 349 g/mol. The second-order valence-corrected chi connectivity index (χ2v) is 5.24. The number of H-pyrrole nitrogens is 1. The molecule has 1 aromatic heterocycles. The molecule has 0 aliphatic carbocycles. The summed E-state index contributed by atoms with van der Waals surface area (Å²) >= 11 is 5.56. The molecule has 1 amide bonds. The highest BCUT2D eigenvalue weighted by atomic mass is 35.5. The lowest BCUT2D eigenvalue weighted by Crippen LogP contribution is -2.30.